The monoisotopic (exact) mass is 253 g/mol. The first-order valence-corrected chi connectivity index (χ1v) is 5.37. The number of hydrogen-bond acceptors (Lipinski definition) is 4. The van der Waals surface area contributed by atoms with E-state index in [0.717, 1.165) is 0 Å². The molecule has 0 saturated carbocycles. The molecule has 6 nitrogen and oxygen atoms in total. The molecule has 1 aromatic carbocycles. The highest BCUT2D eigenvalue weighted by Gasteiger charge is 2.25. The minimum atomic E-state index is -1.35. The zero-order chi connectivity index (χ0) is 13.7. The van der Waals surface area contributed by atoms with Crippen molar-refractivity contribution in [3.05, 3.63) is 35.4 Å². The predicted octanol–water partition coefficient (Wildman–Crippen LogP) is -0.257. The van der Waals surface area contributed by atoms with Crippen molar-refractivity contribution in [2.75, 3.05) is 0 Å². The Balaban J connectivity index is 2.77. The van der Waals surface area contributed by atoms with E-state index in [0.29, 0.717) is 5.56 Å². The summed E-state index contributed by atoms with van der Waals surface area (Å²) in [6, 6.07) is 4.72. The number of carboxylic acid groups (broad SMARTS) is 1. The van der Waals surface area contributed by atoms with Gasteiger partial charge in [0, 0.05) is 5.56 Å². The van der Waals surface area contributed by atoms with Crippen molar-refractivity contribution >= 4 is 11.9 Å². The maximum absolute atomic E-state index is 11.7. The van der Waals surface area contributed by atoms with Crippen LogP contribution in [0.4, 0.5) is 0 Å². The first-order valence-electron chi connectivity index (χ1n) is 5.37. The number of carbonyl (C=O) groups excluding carboxylic acids is 1. The highest BCUT2D eigenvalue weighted by atomic mass is 16.4. The maximum atomic E-state index is 11.7. The van der Waals surface area contributed by atoms with Crippen molar-refractivity contribution in [1.82, 2.24) is 5.32 Å². The summed E-state index contributed by atoms with van der Waals surface area (Å²) in [6.45, 7) is 1.15. The standard InChI is InChI=1S/C12H15NO5/c1-7(15)10(12(17)18)13-11(16)9-4-2-8(6-14)3-5-9/h2-5,7,10,14-15H,6H2,1H3,(H,13,16)(H,17,18). The predicted molar refractivity (Wildman–Crippen MR) is 62.9 cm³/mol. The Morgan fingerprint density at radius 2 is 1.83 bits per heavy atom. The van der Waals surface area contributed by atoms with Crippen LogP contribution in [0.2, 0.25) is 0 Å². The lowest BCUT2D eigenvalue weighted by atomic mass is 10.1. The van der Waals surface area contributed by atoms with Crippen LogP contribution in [0.3, 0.4) is 0 Å². The van der Waals surface area contributed by atoms with Gasteiger partial charge in [0.2, 0.25) is 0 Å². The lowest BCUT2D eigenvalue weighted by molar-refractivity contribution is -0.141. The summed E-state index contributed by atoms with van der Waals surface area (Å²) in [5.74, 6) is -1.89. The third-order valence-electron chi connectivity index (χ3n) is 2.43. The second-order valence-electron chi connectivity index (χ2n) is 3.89. The fraction of sp³-hybridized carbons (Fsp3) is 0.333. The van der Waals surface area contributed by atoms with Gasteiger partial charge in [0.1, 0.15) is 0 Å². The van der Waals surface area contributed by atoms with Gasteiger partial charge in [-0.2, -0.15) is 0 Å². The van der Waals surface area contributed by atoms with Crippen molar-refractivity contribution in [3.63, 3.8) is 0 Å². The molecule has 1 amide bonds. The Kier molecular flexibility index (Phi) is 4.82. The number of carboxylic acids is 1. The van der Waals surface area contributed by atoms with Gasteiger partial charge in [0.05, 0.1) is 12.7 Å². The smallest absolute Gasteiger partial charge is 0.328 e. The summed E-state index contributed by atoms with van der Waals surface area (Å²) < 4.78 is 0. The molecule has 0 aliphatic heterocycles. The highest BCUT2D eigenvalue weighted by Crippen LogP contribution is 2.05. The Morgan fingerprint density at radius 3 is 2.22 bits per heavy atom. The summed E-state index contributed by atoms with van der Waals surface area (Å²) in [7, 11) is 0. The summed E-state index contributed by atoms with van der Waals surface area (Å²) in [4.78, 5) is 22.5. The van der Waals surface area contributed by atoms with E-state index in [-0.39, 0.29) is 12.2 Å². The molecule has 0 aliphatic rings. The van der Waals surface area contributed by atoms with Crippen LogP contribution in [0.5, 0.6) is 0 Å². The average Bonchev–Trinajstić information content (AvgIpc) is 2.35. The number of rotatable bonds is 5. The van der Waals surface area contributed by atoms with Crippen LogP contribution in [0.1, 0.15) is 22.8 Å². The minimum Gasteiger partial charge on any atom is -0.480 e. The van der Waals surface area contributed by atoms with Crippen LogP contribution in [-0.4, -0.2) is 39.3 Å². The molecule has 0 saturated heterocycles. The molecular weight excluding hydrogens is 238 g/mol. The van der Waals surface area contributed by atoms with E-state index in [2.05, 4.69) is 5.32 Å². The number of carbonyl (C=O) groups is 2. The molecule has 6 heteroatoms. The van der Waals surface area contributed by atoms with Gasteiger partial charge in [0.25, 0.3) is 5.91 Å². The lowest BCUT2D eigenvalue weighted by Crippen LogP contribution is -2.47. The molecule has 1 rings (SSSR count). The molecule has 0 aliphatic carbocycles. The fourth-order valence-corrected chi connectivity index (χ4v) is 1.37. The van der Waals surface area contributed by atoms with E-state index in [1.807, 2.05) is 0 Å². The highest BCUT2D eigenvalue weighted by molar-refractivity contribution is 5.96. The SMILES string of the molecule is CC(O)C(NC(=O)c1ccc(CO)cc1)C(=O)O. The first-order chi connectivity index (χ1) is 8.45. The number of nitrogens with one attached hydrogen (secondary N) is 1. The van der Waals surface area contributed by atoms with Gasteiger partial charge in [-0.3, -0.25) is 4.79 Å². The normalized spacial score (nSPS) is 13.7. The summed E-state index contributed by atoms with van der Waals surface area (Å²) in [5.41, 5.74) is 0.913. The molecular formula is C12H15NO5. The van der Waals surface area contributed by atoms with E-state index < -0.39 is 24.0 Å². The van der Waals surface area contributed by atoms with Crippen molar-refractivity contribution in [3.8, 4) is 0 Å². The minimum absolute atomic E-state index is 0.132. The van der Waals surface area contributed by atoms with Gasteiger partial charge >= 0.3 is 5.97 Å². The van der Waals surface area contributed by atoms with Gasteiger partial charge in [-0.1, -0.05) is 12.1 Å². The summed E-state index contributed by atoms with van der Waals surface area (Å²) in [5, 5.41) is 29.1. The molecule has 0 aromatic heterocycles. The molecule has 98 valence electrons. The zero-order valence-electron chi connectivity index (χ0n) is 9.83. The Bertz CT molecular complexity index is 427. The van der Waals surface area contributed by atoms with Gasteiger partial charge in [-0.15, -0.1) is 0 Å². The summed E-state index contributed by atoms with van der Waals surface area (Å²) >= 11 is 0. The second kappa shape index (κ2) is 6.13. The lowest BCUT2D eigenvalue weighted by Gasteiger charge is -2.17. The van der Waals surface area contributed by atoms with Crippen LogP contribution >= 0.6 is 0 Å². The van der Waals surface area contributed by atoms with Crippen molar-refractivity contribution in [2.24, 2.45) is 0 Å². The van der Waals surface area contributed by atoms with Crippen molar-refractivity contribution in [1.29, 1.82) is 0 Å². The Morgan fingerprint density at radius 1 is 1.28 bits per heavy atom. The zero-order valence-corrected chi connectivity index (χ0v) is 9.83. The molecule has 0 bridgehead atoms. The molecule has 0 heterocycles. The van der Waals surface area contributed by atoms with Crippen LogP contribution in [0.25, 0.3) is 0 Å². The molecule has 2 unspecified atom stereocenters. The van der Waals surface area contributed by atoms with E-state index in [1.165, 1.54) is 19.1 Å². The van der Waals surface area contributed by atoms with E-state index in [4.69, 9.17) is 10.2 Å². The Labute approximate surface area is 104 Å². The largest absolute Gasteiger partial charge is 0.480 e. The van der Waals surface area contributed by atoms with Crippen LogP contribution in [0.15, 0.2) is 24.3 Å². The van der Waals surface area contributed by atoms with Crippen LogP contribution in [-0.2, 0) is 11.4 Å². The molecule has 4 N–H and O–H groups in total. The third-order valence-corrected chi connectivity index (χ3v) is 2.43. The number of hydrogen-bond donors (Lipinski definition) is 4. The number of benzene rings is 1. The number of aliphatic hydroxyl groups is 2. The molecule has 18 heavy (non-hydrogen) atoms. The fourth-order valence-electron chi connectivity index (χ4n) is 1.37. The van der Waals surface area contributed by atoms with Gasteiger partial charge in [-0.05, 0) is 24.6 Å². The van der Waals surface area contributed by atoms with Crippen LogP contribution in [0, 0.1) is 0 Å². The van der Waals surface area contributed by atoms with Gasteiger partial charge < -0.3 is 20.6 Å². The van der Waals surface area contributed by atoms with Gasteiger partial charge in [-0.25, -0.2) is 4.79 Å². The van der Waals surface area contributed by atoms with Crippen LogP contribution < -0.4 is 5.32 Å². The van der Waals surface area contributed by atoms with E-state index in [9.17, 15) is 14.7 Å². The van der Waals surface area contributed by atoms with E-state index >= 15 is 0 Å². The van der Waals surface area contributed by atoms with Crippen molar-refractivity contribution in [2.45, 2.75) is 25.7 Å². The molecule has 2 atom stereocenters. The first kappa shape index (κ1) is 14.1. The second-order valence-corrected chi connectivity index (χ2v) is 3.89. The maximum Gasteiger partial charge on any atom is 0.328 e. The quantitative estimate of drug-likeness (QED) is 0.578. The average molecular weight is 253 g/mol. The van der Waals surface area contributed by atoms with Gasteiger partial charge in [0.15, 0.2) is 6.04 Å². The Hall–Kier alpha value is -1.92. The molecule has 0 spiro atoms. The van der Waals surface area contributed by atoms with E-state index in [1.54, 1.807) is 12.1 Å². The number of aliphatic hydroxyl groups excluding tert-OH is 2. The summed E-state index contributed by atoms with van der Waals surface area (Å²) in [6.07, 6.45) is -1.19. The molecule has 1 aromatic rings. The number of amides is 1. The molecule has 0 fully saturated rings. The number of aliphatic carboxylic acids is 1. The third kappa shape index (κ3) is 3.54. The topological polar surface area (TPSA) is 107 Å². The molecule has 0 radical (unpaired) electrons. The van der Waals surface area contributed by atoms with Crippen molar-refractivity contribution < 1.29 is 24.9 Å².